The average Bonchev–Trinajstić information content (AvgIpc) is 2.81. The van der Waals surface area contributed by atoms with Crippen molar-refractivity contribution >= 4 is 14.6 Å². The van der Waals surface area contributed by atoms with Gasteiger partial charge in [0.1, 0.15) is 12.0 Å². The van der Waals surface area contributed by atoms with Crippen molar-refractivity contribution in [2.45, 2.75) is 98.1 Å². The van der Waals surface area contributed by atoms with Gasteiger partial charge in [0.15, 0.2) is 14.1 Å². The maximum atomic E-state index is 11.4. The minimum Gasteiger partial charge on any atom is -0.497 e. The lowest BCUT2D eigenvalue weighted by Crippen LogP contribution is -2.56. The van der Waals surface area contributed by atoms with Crippen LogP contribution in [0.25, 0.3) is 0 Å². The number of rotatable bonds is 12. The predicted octanol–water partition coefficient (Wildman–Crippen LogP) is 6.79. The fourth-order valence-electron chi connectivity index (χ4n) is 4.41. The van der Waals surface area contributed by atoms with E-state index in [-0.39, 0.29) is 35.0 Å². The lowest BCUT2D eigenvalue weighted by molar-refractivity contribution is -0.326. The molecule has 1 saturated heterocycles. The summed E-state index contributed by atoms with van der Waals surface area (Å²) in [5.74, 6) is -0.0461. The van der Waals surface area contributed by atoms with Crippen molar-refractivity contribution in [2.75, 3.05) is 20.3 Å². The highest BCUT2D eigenvalue weighted by Gasteiger charge is 2.47. The average molecular weight is 535 g/mol. The summed E-state index contributed by atoms with van der Waals surface area (Å²) in [6, 6.07) is 7.93. The molecule has 1 heterocycles. The van der Waals surface area contributed by atoms with Gasteiger partial charge in [-0.05, 0) is 62.2 Å². The third-order valence-corrected chi connectivity index (χ3v) is 12.1. The zero-order chi connectivity index (χ0) is 28.0. The first-order chi connectivity index (χ1) is 17.1. The number of allylic oxidation sites excluding steroid dienone is 1. The normalized spacial score (nSPS) is 24.4. The Morgan fingerprint density at radius 3 is 2.30 bits per heavy atom. The van der Waals surface area contributed by atoms with Crippen LogP contribution in [0.15, 0.2) is 35.9 Å². The molecular formula is C30H50O6Si. The lowest BCUT2D eigenvalue weighted by atomic mass is 9.83. The molecule has 0 saturated carbocycles. The summed E-state index contributed by atoms with van der Waals surface area (Å²) in [4.78, 5) is 11.4. The number of carbonyl (C=O) groups is 1. The molecule has 0 unspecified atom stereocenters. The summed E-state index contributed by atoms with van der Waals surface area (Å²) < 4.78 is 31.2. The number of hydrogen-bond acceptors (Lipinski definition) is 6. The number of hydrogen-bond donors (Lipinski definition) is 0. The van der Waals surface area contributed by atoms with E-state index in [0.29, 0.717) is 19.8 Å². The molecule has 0 spiro atoms. The van der Waals surface area contributed by atoms with E-state index in [9.17, 15) is 4.79 Å². The number of aldehydes is 1. The summed E-state index contributed by atoms with van der Waals surface area (Å²) in [6.45, 7) is 22.9. The summed E-state index contributed by atoms with van der Waals surface area (Å²) >= 11 is 0. The van der Waals surface area contributed by atoms with Crippen LogP contribution in [-0.4, -0.2) is 52.9 Å². The molecule has 7 heteroatoms. The second kappa shape index (κ2) is 13.0. The van der Waals surface area contributed by atoms with Gasteiger partial charge in [0.25, 0.3) is 0 Å². The SMILES string of the molecule is COc1ccc(COC[C@@H](C)[C@@H]2OC(C)(C)O[C@H](/C(C)=C/[C@H](C)C=O)[C@H]2CO[Si](C)(C)C(C)(C)C)cc1. The molecule has 0 bridgehead atoms. The smallest absolute Gasteiger partial charge is 0.191 e. The molecule has 1 aliphatic heterocycles. The van der Waals surface area contributed by atoms with Crippen molar-refractivity contribution in [2.24, 2.45) is 17.8 Å². The van der Waals surface area contributed by atoms with Gasteiger partial charge in [0.05, 0.1) is 32.5 Å². The highest BCUT2D eigenvalue weighted by Crippen LogP contribution is 2.41. The van der Waals surface area contributed by atoms with Crippen molar-refractivity contribution in [3.63, 3.8) is 0 Å². The summed E-state index contributed by atoms with van der Waals surface area (Å²) in [5, 5.41) is 0.0949. The van der Waals surface area contributed by atoms with Gasteiger partial charge in [-0.1, -0.05) is 52.8 Å². The van der Waals surface area contributed by atoms with E-state index in [0.717, 1.165) is 23.2 Å². The standard InChI is InChI=1S/C30H50O6Si/c1-21(17-31)16-22(2)27-26(20-34-37(10,11)29(4,5)6)28(36-30(7,8)35-27)23(3)18-33-19-24-12-14-25(32-9)15-13-24/h12-17,21,23,26-28H,18-20H2,1-11H3/b22-16+/t21-,23+,26+,27+,28-/m0/s1. The molecule has 5 atom stereocenters. The molecule has 37 heavy (non-hydrogen) atoms. The Bertz CT molecular complexity index is 886. The lowest BCUT2D eigenvalue weighted by Gasteiger charge is -2.49. The molecule has 0 radical (unpaired) electrons. The Labute approximate surface area is 226 Å². The number of benzene rings is 1. The fraction of sp³-hybridized carbons (Fsp3) is 0.700. The molecule has 0 amide bonds. The highest BCUT2D eigenvalue weighted by atomic mass is 28.4. The minimum atomic E-state index is -2.00. The molecule has 1 aliphatic rings. The summed E-state index contributed by atoms with van der Waals surface area (Å²) in [7, 11) is -0.334. The van der Waals surface area contributed by atoms with Crippen LogP contribution in [0.1, 0.15) is 61.0 Å². The van der Waals surface area contributed by atoms with Crippen LogP contribution in [0.2, 0.25) is 18.1 Å². The van der Waals surface area contributed by atoms with Gasteiger partial charge in [-0.3, -0.25) is 0 Å². The van der Waals surface area contributed by atoms with E-state index in [2.05, 4.69) is 40.8 Å². The van der Waals surface area contributed by atoms with E-state index < -0.39 is 14.1 Å². The number of methoxy groups -OCH3 is 1. The maximum Gasteiger partial charge on any atom is 0.191 e. The largest absolute Gasteiger partial charge is 0.497 e. The topological polar surface area (TPSA) is 63.2 Å². The minimum absolute atomic E-state index is 0.0307. The first-order valence-electron chi connectivity index (χ1n) is 13.4. The second-order valence-electron chi connectivity index (χ2n) is 12.5. The van der Waals surface area contributed by atoms with Gasteiger partial charge in [-0.25, -0.2) is 0 Å². The van der Waals surface area contributed by atoms with Crippen LogP contribution in [0.5, 0.6) is 5.75 Å². The zero-order valence-corrected chi connectivity index (χ0v) is 25.9. The Hall–Kier alpha value is -1.51. The third-order valence-electron chi connectivity index (χ3n) is 7.64. The van der Waals surface area contributed by atoms with E-state index in [1.54, 1.807) is 7.11 Å². The van der Waals surface area contributed by atoms with Crippen LogP contribution >= 0.6 is 0 Å². The Morgan fingerprint density at radius 2 is 1.76 bits per heavy atom. The highest BCUT2D eigenvalue weighted by molar-refractivity contribution is 6.74. The quantitative estimate of drug-likeness (QED) is 0.167. The van der Waals surface area contributed by atoms with Gasteiger partial charge < -0.3 is 28.2 Å². The number of ether oxygens (including phenoxy) is 4. The third kappa shape index (κ3) is 9.03. The predicted molar refractivity (Wildman–Crippen MR) is 151 cm³/mol. The van der Waals surface area contributed by atoms with Gasteiger partial charge >= 0.3 is 0 Å². The van der Waals surface area contributed by atoms with E-state index in [4.69, 9.17) is 23.4 Å². The van der Waals surface area contributed by atoms with Crippen LogP contribution < -0.4 is 4.74 Å². The summed E-state index contributed by atoms with van der Waals surface area (Å²) in [5.41, 5.74) is 2.13. The van der Waals surface area contributed by atoms with E-state index in [1.807, 2.05) is 58.0 Å². The molecule has 0 N–H and O–H groups in total. The first kappa shape index (κ1) is 31.7. The molecular weight excluding hydrogens is 484 g/mol. The monoisotopic (exact) mass is 534 g/mol. The van der Waals surface area contributed by atoms with Crippen LogP contribution in [0, 0.1) is 17.8 Å². The first-order valence-corrected chi connectivity index (χ1v) is 16.3. The van der Waals surface area contributed by atoms with Crippen molar-refractivity contribution < 1.29 is 28.2 Å². The van der Waals surface area contributed by atoms with Gasteiger partial charge in [-0.2, -0.15) is 0 Å². The fourth-order valence-corrected chi connectivity index (χ4v) is 5.45. The molecule has 1 aromatic rings. The zero-order valence-electron chi connectivity index (χ0n) is 24.9. The van der Waals surface area contributed by atoms with Gasteiger partial charge in [0.2, 0.25) is 0 Å². The molecule has 0 aliphatic carbocycles. The Kier molecular flexibility index (Phi) is 11.2. The van der Waals surface area contributed by atoms with Crippen molar-refractivity contribution in [1.29, 1.82) is 0 Å². The van der Waals surface area contributed by atoms with Crippen molar-refractivity contribution in [1.82, 2.24) is 0 Å². The van der Waals surface area contributed by atoms with Gasteiger partial charge in [0, 0.05) is 24.4 Å². The second-order valence-corrected chi connectivity index (χ2v) is 17.3. The number of carbonyl (C=O) groups excluding carboxylic acids is 1. The van der Waals surface area contributed by atoms with Crippen molar-refractivity contribution in [3.05, 3.63) is 41.5 Å². The van der Waals surface area contributed by atoms with Crippen LogP contribution in [0.4, 0.5) is 0 Å². The molecule has 210 valence electrons. The molecule has 1 aromatic carbocycles. The molecule has 1 fully saturated rings. The molecule has 2 rings (SSSR count). The maximum absolute atomic E-state index is 11.4. The molecule has 0 aromatic heterocycles. The molecule has 6 nitrogen and oxygen atoms in total. The van der Waals surface area contributed by atoms with Crippen molar-refractivity contribution in [3.8, 4) is 5.75 Å². The Morgan fingerprint density at radius 1 is 1.14 bits per heavy atom. The summed E-state index contributed by atoms with van der Waals surface area (Å²) in [6.07, 6.45) is 2.61. The van der Waals surface area contributed by atoms with Crippen LogP contribution in [-0.2, 0) is 30.0 Å². The van der Waals surface area contributed by atoms with Crippen LogP contribution in [0.3, 0.4) is 0 Å². The van der Waals surface area contributed by atoms with E-state index >= 15 is 0 Å². The van der Waals surface area contributed by atoms with E-state index in [1.165, 1.54) is 0 Å². The van der Waals surface area contributed by atoms with Gasteiger partial charge in [-0.15, -0.1) is 0 Å². The Balaban J connectivity index is 2.26.